The number of carbonyl (C=O) groups excluding carboxylic acids is 4. The van der Waals surface area contributed by atoms with Crippen LogP contribution in [0.1, 0.15) is 27.1 Å². The monoisotopic (exact) mass is 289 g/mol. The highest BCUT2D eigenvalue weighted by molar-refractivity contribution is 6.25. The molecule has 0 radical (unpaired) electrons. The number of aliphatic hydroxyl groups excluding tert-OH is 1. The molecule has 0 spiro atoms. The fraction of sp³-hybridized carbons (Fsp3) is 0.231. The number of rotatable bonds is 1. The minimum Gasteiger partial charge on any atom is -0.398 e. The van der Waals surface area contributed by atoms with Gasteiger partial charge in [0.2, 0.25) is 5.91 Å². The molecule has 1 fully saturated rings. The molecule has 2 aliphatic rings. The van der Waals surface area contributed by atoms with Crippen LogP contribution in [0.5, 0.6) is 0 Å². The summed E-state index contributed by atoms with van der Waals surface area (Å²) in [5.74, 6) is -2.80. The van der Waals surface area contributed by atoms with Crippen molar-refractivity contribution in [2.24, 2.45) is 0 Å². The number of imide groups is 1. The Kier molecular flexibility index (Phi) is 2.77. The molecule has 0 saturated carbocycles. The number of hydrogen-bond acceptors (Lipinski definition) is 6. The SMILES string of the molecule is Nc1cccc2c1C(=O)N(C1CC(=O)C(O)NC1=O)C2=O. The minimum absolute atomic E-state index is 0.0360. The Balaban J connectivity index is 2.00. The van der Waals surface area contributed by atoms with E-state index in [1.165, 1.54) is 18.2 Å². The molecule has 108 valence electrons. The molecule has 0 aromatic heterocycles. The summed E-state index contributed by atoms with van der Waals surface area (Å²) in [6, 6.07) is 3.17. The van der Waals surface area contributed by atoms with E-state index < -0.39 is 42.2 Å². The first-order valence-electron chi connectivity index (χ1n) is 6.19. The lowest BCUT2D eigenvalue weighted by Gasteiger charge is -2.30. The summed E-state index contributed by atoms with van der Waals surface area (Å²) in [6.45, 7) is 0. The average molecular weight is 289 g/mol. The molecule has 1 aromatic carbocycles. The zero-order valence-electron chi connectivity index (χ0n) is 10.7. The van der Waals surface area contributed by atoms with Crippen molar-refractivity contribution in [2.45, 2.75) is 18.7 Å². The van der Waals surface area contributed by atoms with Crippen molar-refractivity contribution in [1.82, 2.24) is 10.2 Å². The third kappa shape index (κ3) is 1.80. The largest absolute Gasteiger partial charge is 0.398 e. The zero-order valence-corrected chi connectivity index (χ0v) is 10.7. The van der Waals surface area contributed by atoms with Crippen molar-refractivity contribution in [3.8, 4) is 0 Å². The van der Waals surface area contributed by atoms with Gasteiger partial charge in [0.05, 0.1) is 11.1 Å². The standard InChI is InChI=1S/C13H11N3O5/c14-6-3-1-2-5-9(6)13(21)16(12(5)20)7-4-8(17)11(19)15-10(7)18/h1-3,7,11,19H,4,14H2,(H,15,18). The summed E-state index contributed by atoms with van der Waals surface area (Å²) in [4.78, 5) is 48.7. The number of nitrogens with one attached hydrogen (secondary N) is 1. The van der Waals surface area contributed by atoms with Crippen LogP contribution < -0.4 is 11.1 Å². The maximum Gasteiger partial charge on any atom is 0.264 e. The van der Waals surface area contributed by atoms with E-state index in [-0.39, 0.29) is 16.8 Å². The lowest BCUT2D eigenvalue weighted by molar-refractivity contribution is -0.144. The number of piperidine rings is 1. The second-order valence-corrected chi connectivity index (χ2v) is 4.85. The van der Waals surface area contributed by atoms with Crippen LogP contribution in [0.2, 0.25) is 0 Å². The predicted molar refractivity (Wildman–Crippen MR) is 68.9 cm³/mol. The maximum absolute atomic E-state index is 12.3. The molecule has 2 unspecified atom stereocenters. The maximum atomic E-state index is 12.3. The molecule has 4 N–H and O–H groups in total. The number of ketones is 1. The zero-order chi connectivity index (χ0) is 15.3. The molecule has 8 heteroatoms. The Hall–Kier alpha value is -2.74. The van der Waals surface area contributed by atoms with E-state index in [0.717, 1.165) is 4.90 Å². The molecule has 2 heterocycles. The van der Waals surface area contributed by atoms with E-state index in [1.54, 1.807) is 0 Å². The number of nitrogens with zero attached hydrogens (tertiary/aromatic N) is 1. The first kappa shape index (κ1) is 13.3. The Labute approximate surface area is 118 Å². The number of aliphatic hydroxyl groups is 1. The van der Waals surface area contributed by atoms with Crippen LogP contribution in [0, 0.1) is 0 Å². The highest BCUT2D eigenvalue weighted by Crippen LogP contribution is 2.30. The topological polar surface area (TPSA) is 130 Å². The molecular weight excluding hydrogens is 278 g/mol. The number of nitrogens with two attached hydrogens (primary N) is 1. The fourth-order valence-corrected chi connectivity index (χ4v) is 2.53. The van der Waals surface area contributed by atoms with Gasteiger partial charge in [0, 0.05) is 12.1 Å². The molecular formula is C13H11N3O5. The van der Waals surface area contributed by atoms with Crippen molar-refractivity contribution in [2.75, 3.05) is 5.73 Å². The van der Waals surface area contributed by atoms with E-state index in [4.69, 9.17) is 5.73 Å². The van der Waals surface area contributed by atoms with Gasteiger partial charge in [-0.3, -0.25) is 24.1 Å². The van der Waals surface area contributed by atoms with Crippen LogP contribution in [-0.2, 0) is 9.59 Å². The number of amides is 3. The molecule has 0 aliphatic carbocycles. The second kappa shape index (κ2) is 4.38. The van der Waals surface area contributed by atoms with Crippen LogP contribution in [0.15, 0.2) is 18.2 Å². The van der Waals surface area contributed by atoms with Gasteiger partial charge in [-0.2, -0.15) is 0 Å². The van der Waals surface area contributed by atoms with E-state index in [9.17, 15) is 24.3 Å². The number of Topliss-reactive ketones (excluding diaryl/α,β-unsaturated/α-hetero) is 1. The lowest BCUT2D eigenvalue weighted by Crippen LogP contribution is -2.59. The van der Waals surface area contributed by atoms with E-state index in [2.05, 4.69) is 0 Å². The van der Waals surface area contributed by atoms with Crippen molar-refractivity contribution < 1.29 is 24.3 Å². The van der Waals surface area contributed by atoms with Gasteiger partial charge in [-0.1, -0.05) is 6.07 Å². The summed E-state index contributed by atoms with van der Waals surface area (Å²) in [6.07, 6.45) is -2.02. The molecule has 21 heavy (non-hydrogen) atoms. The Morgan fingerprint density at radius 3 is 2.57 bits per heavy atom. The number of benzene rings is 1. The smallest absolute Gasteiger partial charge is 0.264 e. The van der Waals surface area contributed by atoms with Crippen molar-refractivity contribution in [3.63, 3.8) is 0 Å². The minimum atomic E-state index is -1.60. The number of nitrogen functional groups attached to an aromatic ring is 1. The third-order valence-corrected chi connectivity index (χ3v) is 3.57. The summed E-state index contributed by atoms with van der Waals surface area (Å²) in [5, 5.41) is 11.3. The van der Waals surface area contributed by atoms with Crippen molar-refractivity contribution in [1.29, 1.82) is 0 Å². The van der Waals surface area contributed by atoms with Crippen LogP contribution in [0.3, 0.4) is 0 Å². The van der Waals surface area contributed by atoms with Crippen LogP contribution in [0.4, 0.5) is 5.69 Å². The fourth-order valence-electron chi connectivity index (χ4n) is 2.53. The molecule has 3 rings (SSSR count). The Bertz CT molecular complexity index is 699. The van der Waals surface area contributed by atoms with Gasteiger partial charge < -0.3 is 16.2 Å². The molecule has 0 bridgehead atoms. The molecule has 2 atom stereocenters. The van der Waals surface area contributed by atoms with E-state index >= 15 is 0 Å². The number of carbonyl (C=O) groups is 4. The third-order valence-electron chi connectivity index (χ3n) is 3.57. The lowest BCUT2D eigenvalue weighted by atomic mass is 10.0. The quantitative estimate of drug-likeness (QED) is 0.432. The van der Waals surface area contributed by atoms with Crippen LogP contribution in [0.25, 0.3) is 0 Å². The summed E-state index contributed by atoms with van der Waals surface area (Å²) < 4.78 is 0. The van der Waals surface area contributed by atoms with Crippen molar-refractivity contribution >= 4 is 29.2 Å². The molecule has 8 nitrogen and oxygen atoms in total. The second-order valence-electron chi connectivity index (χ2n) is 4.85. The Morgan fingerprint density at radius 1 is 1.19 bits per heavy atom. The van der Waals surface area contributed by atoms with Gasteiger partial charge in [-0.15, -0.1) is 0 Å². The summed E-state index contributed by atoms with van der Waals surface area (Å²) in [5.41, 5.74) is 5.97. The van der Waals surface area contributed by atoms with Gasteiger partial charge in [-0.25, -0.2) is 0 Å². The van der Waals surface area contributed by atoms with Crippen LogP contribution in [-0.4, -0.2) is 45.8 Å². The molecule has 3 amide bonds. The normalized spacial score (nSPS) is 25.1. The van der Waals surface area contributed by atoms with Gasteiger partial charge >= 0.3 is 0 Å². The number of fused-ring (bicyclic) bond motifs is 1. The molecule has 1 saturated heterocycles. The molecule has 1 aromatic rings. The summed E-state index contributed by atoms with van der Waals surface area (Å²) >= 11 is 0. The van der Waals surface area contributed by atoms with Gasteiger partial charge in [0.25, 0.3) is 11.8 Å². The average Bonchev–Trinajstić information content (AvgIpc) is 2.68. The predicted octanol–water partition coefficient (Wildman–Crippen LogP) is -1.36. The first-order chi connectivity index (χ1) is 9.91. The summed E-state index contributed by atoms with van der Waals surface area (Å²) in [7, 11) is 0. The van der Waals surface area contributed by atoms with Crippen LogP contribution >= 0.6 is 0 Å². The van der Waals surface area contributed by atoms with Gasteiger partial charge in [0.15, 0.2) is 12.0 Å². The molecule has 2 aliphatic heterocycles. The highest BCUT2D eigenvalue weighted by Gasteiger charge is 2.47. The Morgan fingerprint density at radius 2 is 1.90 bits per heavy atom. The van der Waals surface area contributed by atoms with Gasteiger partial charge in [0.1, 0.15) is 6.04 Å². The number of anilines is 1. The van der Waals surface area contributed by atoms with E-state index in [1.807, 2.05) is 5.32 Å². The van der Waals surface area contributed by atoms with E-state index in [0.29, 0.717) is 0 Å². The number of hydrogen-bond donors (Lipinski definition) is 3. The van der Waals surface area contributed by atoms with Gasteiger partial charge in [-0.05, 0) is 12.1 Å². The first-order valence-corrected chi connectivity index (χ1v) is 6.19. The highest BCUT2D eigenvalue weighted by atomic mass is 16.3. The van der Waals surface area contributed by atoms with Crippen molar-refractivity contribution in [3.05, 3.63) is 29.3 Å².